The number of nitrogens with one attached hydrogen (secondary N) is 1. The zero-order valence-corrected chi connectivity index (χ0v) is 15.1. The van der Waals surface area contributed by atoms with Gasteiger partial charge in [0.25, 0.3) is 0 Å². The lowest BCUT2D eigenvalue weighted by Gasteiger charge is -2.33. The number of aromatic nitrogens is 1. The van der Waals surface area contributed by atoms with Crippen LogP contribution in [-0.2, 0) is 0 Å². The topological polar surface area (TPSA) is 15.8 Å². The smallest absolute Gasteiger partial charge is 0.0457 e. The Morgan fingerprint density at radius 3 is 2.17 bits per heavy atom. The van der Waals surface area contributed by atoms with Crippen molar-refractivity contribution in [2.45, 2.75) is 47.5 Å². The number of H-pyrrole nitrogens is 1. The van der Waals surface area contributed by atoms with Gasteiger partial charge in [0.1, 0.15) is 0 Å². The molecule has 0 bridgehead atoms. The normalized spacial score (nSPS) is 13.5. The van der Waals surface area contributed by atoms with Crippen molar-refractivity contribution >= 4 is 10.9 Å². The molecule has 0 saturated heterocycles. The number of hydrogen-bond donors (Lipinski definition) is 1. The standard InChI is InChI=1S/C22H27N/c1-14-11-16(3)18(12-15(14)2)21(22(4,5)6)19-13-23-20-10-8-7-9-17(19)20/h7-13,21,23H,1-6H3. The van der Waals surface area contributed by atoms with Gasteiger partial charge in [0.15, 0.2) is 0 Å². The molecule has 1 unspecified atom stereocenters. The molecule has 0 spiro atoms. The molecule has 1 heteroatoms. The van der Waals surface area contributed by atoms with Gasteiger partial charge in [-0.15, -0.1) is 0 Å². The minimum atomic E-state index is 0.150. The fourth-order valence-corrected chi connectivity index (χ4v) is 3.73. The first-order valence-corrected chi connectivity index (χ1v) is 8.43. The third kappa shape index (κ3) is 2.81. The van der Waals surface area contributed by atoms with Crippen LogP contribution in [0.3, 0.4) is 0 Å². The van der Waals surface area contributed by atoms with Crippen molar-refractivity contribution in [1.82, 2.24) is 4.98 Å². The van der Waals surface area contributed by atoms with E-state index in [0.29, 0.717) is 5.92 Å². The van der Waals surface area contributed by atoms with E-state index in [1.165, 1.54) is 38.7 Å². The van der Waals surface area contributed by atoms with Gasteiger partial charge in [0.05, 0.1) is 0 Å². The summed E-state index contributed by atoms with van der Waals surface area (Å²) in [5, 5.41) is 1.34. The molecule has 23 heavy (non-hydrogen) atoms. The number of aromatic amines is 1. The zero-order valence-electron chi connectivity index (χ0n) is 15.1. The van der Waals surface area contributed by atoms with Crippen LogP contribution in [-0.4, -0.2) is 4.98 Å². The van der Waals surface area contributed by atoms with Crippen molar-refractivity contribution < 1.29 is 0 Å². The van der Waals surface area contributed by atoms with E-state index in [9.17, 15) is 0 Å². The quantitative estimate of drug-likeness (QED) is 0.574. The van der Waals surface area contributed by atoms with Crippen LogP contribution in [0.2, 0.25) is 0 Å². The van der Waals surface area contributed by atoms with Crippen molar-refractivity contribution in [2.75, 3.05) is 0 Å². The Morgan fingerprint density at radius 1 is 0.826 bits per heavy atom. The molecule has 0 aliphatic carbocycles. The Balaban J connectivity index is 2.27. The van der Waals surface area contributed by atoms with E-state index in [1.807, 2.05) is 0 Å². The maximum Gasteiger partial charge on any atom is 0.0457 e. The molecule has 2 aromatic carbocycles. The molecule has 1 heterocycles. The first-order valence-electron chi connectivity index (χ1n) is 8.43. The van der Waals surface area contributed by atoms with E-state index in [-0.39, 0.29) is 5.41 Å². The second-order valence-corrected chi connectivity index (χ2v) is 7.88. The largest absolute Gasteiger partial charge is 0.361 e. The van der Waals surface area contributed by atoms with E-state index in [1.54, 1.807) is 0 Å². The lowest BCUT2D eigenvalue weighted by atomic mass is 9.71. The van der Waals surface area contributed by atoms with Crippen LogP contribution in [0.4, 0.5) is 0 Å². The third-order valence-electron chi connectivity index (χ3n) is 4.99. The van der Waals surface area contributed by atoms with Gasteiger partial charge in [-0.2, -0.15) is 0 Å². The van der Waals surface area contributed by atoms with E-state index < -0.39 is 0 Å². The lowest BCUT2D eigenvalue weighted by Crippen LogP contribution is -2.20. The molecule has 0 aliphatic rings. The van der Waals surface area contributed by atoms with Crippen LogP contribution in [0.15, 0.2) is 42.6 Å². The summed E-state index contributed by atoms with van der Waals surface area (Å²) >= 11 is 0. The van der Waals surface area contributed by atoms with E-state index >= 15 is 0 Å². The van der Waals surface area contributed by atoms with Crippen molar-refractivity contribution in [1.29, 1.82) is 0 Å². The summed E-state index contributed by atoms with van der Waals surface area (Å²) in [7, 11) is 0. The maximum atomic E-state index is 3.46. The van der Waals surface area contributed by atoms with Crippen LogP contribution < -0.4 is 0 Å². The van der Waals surface area contributed by atoms with Crippen LogP contribution in [0.25, 0.3) is 10.9 Å². The summed E-state index contributed by atoms with van der Waals surface area (Å²) < 4.78 is 0. The van der Waals surface area contributed by atoms with E-state index in [0.717, 1.165) is 0 Å². The molecule has 3 aromatic rings. The van der Waals surface area contributed by atoms with Crippen molar-refractivity contribution in [3.05, 3.63) is 70.4 Å². The van der Waals surface area contributed by atoms with Gasteiger partial charge in [0.2, 0.25) is 0 Å². The third-order valence-corrected chi connectivity index (χ3v) is 4.99. The van der Waals surface area contributed by atoms with Crippen LogP contribution in [0.5, 0.6) is 0 Å². The molecule has 0 radical (unpaired) electrons. The summed E-state index contributed by atoms with van der Waals surface area (Å²) in [6, 6.07) is 13.3. The molecular formula is C22H27N. The molecule has 0 saturated carbocycles. The number of hydrogen-bond acceptors (Lipinski definition) is 0. The fraction of sp³-hybridized carbons (Fsp3) is 0.364. The van der Waals surface area contributed by atoms with E-state index in [2.05, 4.69) is 89.1 Å². The highest BCUT2D eigenvalue weighted by molar-refractivity contribution is 5.84. The second-order valence-electron chi connectivity index (χ2n) is 7.88. The minimum absolute atomic E-state index is 0.150. The van der Waals surface area contributed by atoms with Gasteiger partial charge in [-0.25, -0.2) is 0 Å². The minimum Gasteiger partial charge on any atom is -0.361 e. The highest BCUT2D eigenvalue weighted by Gasteiger charge is 2.31. The molecule has 1 N–H and O–H groups in total. The van der Waals surface area contributed by atoms with Crippen molar-refractivity contribution in [2.24, 2.45) is 5.41 Å². The molecule has 3 rings (SSSR count). The zero-order chi connectivity index (χ0) is 16.8. The summed E-state index contributed by atoms with van der Waals surface area (Å²) in [6.45, 7) is 13.7. The SMILES string of the molecule is Cc1cc(C)c(C(c2c[nH]c3ccccc23)C(C)(C)C)cc1C. The fourth-order valence-electron chi connectivity index (χ4n) is 3.73. The molecule has 1 atom stereocenters. The monoisotopic (exact) mass is 305 g/mol. The Kier molecular flexibility index (Phi) is 3.83. The number of benzene rings is 2. The van der Waals surface area contributed by atoms with Gasteiger partial charge in [-0.1, -0.05) is 51.1 Å². The van der Waals surface area contributed by atoms with Crippen LogP contribution in [0.1, 0.15) is 54.5 Å². The summed E-state index contributed by atoms with van der Waals surface area (Å²) in [5.41, 5.74) is 8.36. The second kappa shape index (κ2) is 5.56. The van der Waals surface area contributed by atoms with Crippen LogP contribution >= 0.6 is 0 Å². The van der Waals surface area contributed by atoms with Gasteiger partial charge in [0, 0.05) is 23.0 Å². The van der Waals surface area contributed by atoms with Gasteiger partial charge in [-0.05, 0) is 60.1 Å². The van der Waals surface area contributed by atoms with Gasteiger partial charge < -0.3 is 4.98 Å². The number of fused-ring (bicyclic) bond motifs is 1. The molecule has 0 amide bonds. The Hall–Kier alpha value is -2.02. The van der Waals surface area contributed by atoms with Gasteiger partial charge in [-0.3, -0.25) is 0 Å². The molecule has 120 valence electrons. The molecular weight excluding hydrogens is 278 g/mol. The number of aryl methyl sites for hydroxylation is 3. The Labute approximate surface area is 139 Å². The molecule has 1 nitrogen and oxygen atoms in total. The van der Waals surface area contributed by atoms with Gasteiger partial charge >= 0.3 is 0 Å². The summed E-state index contributed by atoms with van der Waals surface area (Å²) in [5.74, 6) is 0.373. The maximum absolute atomic E-state index is 3.46. The predicted molar refractivity (Wildman–Crippen MR) is 100 cm³/mol. The average molecular weight is 305 g/mol. The number of para-hydroxylation sites is 1. The first kappa shape index (κ1) is 15.9. The highest BCUT2D eigenvalue weighted by Crippen LogP contribution is 2.44. The first-order chi connectivity index (χ1) is 10.8. The Morgan fingerprint density at radius 2 is 1.48 bits per heavy atom. The molecule has 1 aromatic heterocycles. The average Bonchev–Trinajstić information content (AvgIpc) is 2.87. The van der Waals surface area contributed by atoms with Crippen molar-refractivity contribution in [3.63, 3.8) is 0 Å². The summed E-state index contributed by atoms with van der Waals surface area (Å²) in [4.78, 5) is 3.46. The predicted octanol–water partition coefficient (Wildman–Crippen LogP) is 6.27. The lowest BCUT2D eigenvalue weighted by molar-refractivity contribution is 0.359. The van der Waals surface area contributed by atoms with Crippen molar-refractivity contribution in [3.8, 4) is 0 Å². The highest BCUT2D eigenvalue weighted by atomic mass is 14.7. The molecule has 0 fully saturated rings. The summed E-state index contributed by atoms with van der Waals surface area (Å²) in [6.07, 6.45) is 2.20. The Bertz CT molecular complexity index is 846. The van der Waals surface area contributed by atoms with Crippen LogP contribution in [0, 0.1) is 26.2 Å². The number of rotatable bonds is 2. The van der Waals surface area contributed by atoms with E-state index in [4.69, 9.17) is 0 Å². The molecule has 0 aliphatic heterocycles.